The molecule has 2 N–H and O–H groups in total. The van der Waals surface area contributed by atoms with Crippen molar-refractivity contribution >= 4 is 40.9 Å². The molecule has 3 heterocycles. The van der Waals surface area contributed by atoms with Gasteiger partial charge < -0.3 is 29.3 Å². The van der Waals surface area contributed by atoms with Gasteiger partial charge in [0.05, 0.1) is 25.6 Å². The number of furan rings is 1. The number of fused-ring (bicyclic) bond motifs is 1. The molecule has 0 radical (unpaired) electrons. The fourth-order valence-electron chi connectivity index (χ4n) is 4.48. The molecule has 4 aromatic rings. The lowest BCUT2D eigenvalue weighted by atomic mass is 10.2. The highest BCUT2D eigenvalue weighted by Crippen LogP contribution is 2.38. The van der Waals surface area contributed by atoms with E-state index in [1.807, 2.05) is 19.1 Å². The number of hydrogen-bond donors (Lipinski definition) is 2. The Morgan fingerprint density at radius 3 is 2.55 bits per heavy atom. The number of carbonyl (C=O) groups is 3. The molecule has 10 nitrogen and oxygen atoms in total. The van der Waals surface area contributed by atoms with E-state index in [0.29, 0.717) is 44.8 Å². The van der Waals surface area contributed by atoms with Gasteiger partial charge in [0.2, 0.25) is 6.79 Å². The first-order valence-electron chi connectivity index (χ1n) is 12.9. The largest absolute Gasteiger partial charge is 0.495 e. The maximum absolute atomic E-state index is 13.6. The molecular formula is C31H25N3O7S. The zero-order valence-electron chi connectivity index (χ0n) is 22.6. The van der Waals surface area contributed by atoms with E-state index in [2.05, 4.69) is 10.6 Å². The van der Waals surface area contributed by atoms with Gasteiger partial charge >= 0.3 is 0 Å². The minimum Gasteiger partial charge on any atom is -0.495 e. The van der Waals surface area contributed by atoms with E-state index in [4.69, 9.17) is 18.6 Å². The Balaban J connectivity index is 1.24. The van der Waals surface area contributed by atoms with E-state index in [1.165, 1.54) is 13.4 Å². The van der Waals surface area contributed by atoms with Gasteiger partial charge in [-0.15, -0.1) is 0 Å². The van der Waals surface area contributed by atoms with Gasteiger partial charge in [0, 0.05) is 16.1 Å². The van der Waals surface area contributed by atoms with Crippen molar-refractivity contribution in [1.82, 2.24) is 4.90 Å². The maximum atomic E-state index is 13.6. The summed E-state index contributed by atoms with van der Waals surface area (Å²) in [7, 11) is 1.54. The van der Waals surface area contributed by atoms with Crippen LogP contribution in [0.1, 0.15) is 21.7 Å². The lowest BCUT2D eigenvalue weighted by molar-refractivity contribution is -0.138. The van der Waals surface area contributed by atoms with Crippen LogP contribution in [0.3, 0.4) is 0 Å². The van der Waals surface area contributed by atoms with Crippen LogP contribution in [0, 0.1) is 6.92 Å². The first kappa shape index (κ1) is 27.0. The molecule has 2 aliphatic rings. The number of carbonyl (C=O) groups excluding carboxylic acids is 3. The number of rotatable bonds is 9. The lowest BCUT2D eigenvalue weighted by Crippen LogP contribution is -2.31. The van der Waals surface area contributed by atoms with Crippen molar-refractivity contribution < 1.29 is 33.0 Å². The maximum Gasteiger partial charge on any atom is 0.278 e. The molecule has 0 bridgehead atoms. The molecule has 0 fully saturated rings. The predicted molar refractivity (Wildman–Crippen MR) is 155 cm³/mol. The van der Waals surface area contributed by atoms with Crippen LogP contribution in [0.4, 0.5) is 11.4 Å². The summed E-state index contributed by atoms with van der Waals surface area (Å²) >= 11 is 1.15. The number of hydrogen-bond acceptors (Lipinski definition) is 9. The minimum atomic E-state index is -0.477. The Hall–Kier alpha value is -5.16. The summed E-state index contributed by atoms with van der Waals surface area (Å²) < 4.78 is 21.5. The van der Waals surface area contributed by atoms with Crippen LogP contribution in [-0.2, 0) is 16.1 Å². The summed E-state index contributed by atoms with van der Waals surface area (Å²) in [6.45, 7) is 2.04. The van der Waals surface area contributed by atoms with E-state index in [-0.39, 0.29) is 29.8 Å². The standard InChI is InChI=1S/C31H25N3O7S/c1-18-5-11-24(38-2)23(14-18)33-27-28(31(37)34(30(27)36)16-21-4-3-13-39-21)42-22-9-7-20(8-10-22)32-29(35)19-6-12-25-26(15-19)41-17-40-25/h3-15,33H,16-17H2,1-2H3,(H,32,35). The summed E-state index contributed by atoms with van der Waals surface area (Å²) in [6, 6.07) is 20.9. The van der Waals surface area contributed by atoms with Crippen molar-refractivity contribution in [3.63, 3.8) is 0 Å². The molecule has 1 aromatic heterocycles. The van der Waals surface area contributed by atoms with E-state index in [9.17, 15) is 14.4 Å². The lowest BCUT2D eigenvalue weighted by Gasteiger charge is -2.15. The molecule has 212 valence electrons. The molecule has 3 aromatic carbocycles. The molecule has 3 amide bonds. The first-order chi connectivity index (χ1) is 20.4. The Morgan fingerprint density at radius 1 is 0.976 bits per heavy atom. The topological polar surface area (TPSA) is 119 Å². The van der Waals surface area contributed by atoms with E-state index in [0.717, 1.165) is 22.2 Å². The number of nitrogens with zero attached hydrogens (tertiary/aromatic N) is 1. The number of ether oxygens (including phenoxy) is 3. The second kappa shape index (κ2) is 11.4. The zero-order chi connectivity index (χ0) is 29.2. The SMILES string of the molecule is COc1ccc(C)cc1NC1=C(Sc2ccc(NC(=O)c3ccc4c(c3)OCO4)cc2)C(=O)N(Cc2ccco2)C1=O. The fourth-order valence-corrected chi connectivity index (χ4v) is 5.43. The van der Waals surface area contributed by atoms with Gasteiger partial charge in [-0.3, -0.25) is 19.3 Å². The van der Waals surface area contributed by atoms with Crippen LogP contribution in [-0.4, -0.2) is 36.5 Å². The van der Waals surface area contributed by atoms with Gasteiger partial charge in [-0.1, -0.05) is 17.8 Å². The summed E-state index contributed by atoms with van der Waals surface area (Å²) in [6.07, 6.45) is 1.49. The average molecular weight is 584 g/mol. The number of benzene rings is 3. The number of amides is 3. The number of imide groups is 1. The van der Waals surface area contributed by atoms with E-state index in [1.54, 1.807) is 60.7 Å². The normalized spacial score (nSPS) is 14.0. The summed E-state index contributed by atoms with van der Waals surface area (Å²) in [4.78, 5) is 41.9. The van der Waals surface area contributed by atoms with Crippen LogP contribution in [0.5, 0.6) is 17.2 Å². The molecule has 2 aliphatic heterocycles. The van der Waals surface area contributed by atoms with E-state index >= 15 is 0 Å². The van der Waals surface area contributed by atoms with Crippen molar-refractivity contribution in [1.29, 1.82) is 0 Å². The molecule has 0 saturated carbocycles. The van der Waals surface area contributed by atoms with Crippen LogP contribution < -0.4 is 24.8 Å². The highest BCUT2D eigenvalue weighted by Gasteiger charge is 2.40. The van der Waals surface area contributed by atoms with Gasteiger partial charge in [-0.25, -0.2) is 0 Å². The quantitative estimate of drug-likeness (QED) is 0.244. The Labute approximate surface area is 245 Å². The molecule has 0 aliphatic carbocycles. The van der Waals surface area contributed by atoms with Gasteiger partial charge in [0.25, 0.3) is 17.7 Å². The summed E-state index contributed by atoms with van der Waals surface area (Å²) in [5.41, 5.74) is 2.65. The predicted octanol–water partition coefficient (Wildman–Crippen LogP) is 5.56. The Morgan fingerprint density at radius 2 is 1.79 bits per heavy atom. The number of methoxy groups -OCH3 is 1. The van der Waals surface area contributed by atoms with E-state index < -0.39 is 11.8 Å². The molecule has 6 rings (SSSR count). The fraction of sp³-hybridized carbons (Fsp3) is 0.129. The second-order valence-electron chi connectivity index (χ2n) is 9.46. The van der Waals surface area contributed by atoms with Gasteiger partial charge in [-0.2, -0.15) is 0 Å². The molecule has 0 saturated heterocycles. The number of aryl methyl sites for hydroxylation is 1. The zero-order valence-corrected chi connectivity index (χ0v) is 23.4. The Kier molecular flexibility index (Phi) is 7.32. The van der Waals surface area contributed by atoms with Gasteiger partial charge in [-0.05, 0) is 79.2 Å². The van der Waals surface area contributed by atoms with Crippen molar-refractivity contribution in [2.45, 2.75) is 18.4 Å². The minimum absolute atomic E-state index is 0.00428. The highest BCUT2D eigenvalue weighted by molar-refractivity contribution is 8.04. The monoisotopic (exact) mass is 583 g/mol. The van der Waals surface area contributed by atoms with Crippen LogP contribution in [0.15, 0.2) is 99.0 Å². The number of nitrogens with one attached hydrogen (secondary N) is 2. The second-order valence-corrected chi connectivity index (χ2v) is 10.5. The van der Waals surface area contributed by atoms with Crippen molar-refractivity contribution in [3.8, 4) is 17.2 Å². The molecule has 42 heavy (non-hydrogen) atoms. The third-order valence-corrected chi connectivity index (χ3v) is 7.69. The van der Waals surface area contributed by atoms with Crippen molar-refractivity contribution in [2.24, 2.45) is 0 Å². The van der Waals surface area contributed by atoms with Crippen molar-refractivity contribution in [3.05, 3.63) is 107 Å². The molecule has 0 spiro atoms. The third-order valence-electron chi connectivity index (χ3n) is 6.60. The molecule has 0 unspecified atom stereocenters. The molecule has 0 atom stereocenters. The number of anilines is 2. The third kappa shape index (κ3) is 5.41. The summed E-state index contributed by atoms with van der Waals surface area (Å²) in [5.74, 6) is 0.903. The average Bonchev–Trinajstić information content (AvgIpc) is 3.73. The van der Waals surface area contributed by atoms with Crippen molar-refractivity contribution in [2.75, 3.05) is 24.5 Å². The highest BCUT2D eigenvalue weighted by atomic mass is 32.2. The smallest absolute Gasteiger partial charge is 0.278 e. The van der Waals surface area contributed by atoms with Gasteiger partial charge in [0.1, 0.15) is 22.1 Å². The molecule has 11 heteroatoms. The number of thioether (sulfide) groups is 1. The molecular weight excluding hydrogens is 558 g/mol. The summed E-state index contributed by atoms with van der Waals surface area (Å²) in [5, 5.41) is 6.00. The Bertz CT molecular complexity index is 1720. The van der Waals surface area contributed by atoms with Gasteiger partial charge in [0.15, 0.2) is 11.5 Å². The van der Waals surface area contributed by atoms with Crippen LogP contribution >= 0.6 is 11.8 Å². The van der Waals surface area contributed by atoms with Crippen LogP contribution in [0.2, 0.25) is 0 Å². The van der Waals surface area contributed by atoms with Crippen LogP contribution in [0.25, 0.3) is 0 Å². The first-order valence-corrected chi connectivity index (χ1v) is 13.7.